The smallest absolute Gasteiger partial charge is 0.237 e. The average molecular weight is 350 g/mol. The fourth-order valence-corrected chi connectivity index (χ4v) is 3.68. The van der Waals surface area contributed by atoms with Crippen molar-refractivity contribution < 1.29 is 9.59 Å². The number of carbonyl (C=O) groups excluding carboxylic acids is 2. The lowest BCUT2D eigenvalue weighted by molar-refractivity contribution is -0.115. The van der Waals surface area contributed by atoms with Crippen molar-refractivity contribution in [2.45, 2.75) is 30.4 Å². The van der Waals surface area contributed by atoms with Crippen molar-refractivity contribution >= 4 is 45.6 Å². The number of nitrogens with zero attached hydrogens (tertiary/aromatic N) is 2. The Labute approximate surface area is 143 Å². The lowest BCUT2D eigenvalue weighted by Gasteiger charge is -2.10. The fourth-order valence-electron chi connectivity index (χ4n) is 1.72. The van der Waals surface area contributed by atoms with Crippen LogP contribution >= 0.6 is 23.1 Å². The van der Waals surface area contributed by atoms with E-state index in [1.165, 1.54) is 30.0 Å². The molecule has 2 N–H and O–H groups in total. The van der Waals surface area contributed by atoms with E-state index in [-0.39, 0.29) is 16.9 Å². The van der Waals surface area contributed by atoms with E-state index in [0.29, 0.717) is 11.3 Å². The summed E-state index contributed by atoms with van der Waals surface area (Å²) in [5.74, 6) is -0.120. The molecule has 0 saturated carbocycles. The molecule has 122 valence electrons. The summed E-state index contributed by atoms with van der Waals surface area (Å²) in [5, 5.41) is 14.4. The second-order valence-electron chi connectivity index (χ2n) is 4.79. The minimum Gasteiger partial charge on any atom is -0.360 e. The van der Waals surface area contributed by atoms with E-state index in [4.69, 9.17) is 0 Å². The number of hydrogen-bond donors (Lipinski definition) is 2. The van der Waals surface area contributed by atoms with Crippen molar-refractivity contribution in [3.8, 4) is 0 Å². The lowest BCUT2D eigenvalue weighted by Crippen LogP contribution is -2.22. The van der Waals surface area contributed by atoms with Gasteiger partial charge in [0.15, 0.2) is 10.1 Å². The maximum atomic E-state index is 12.2. The van der Waals surface area contributed by atoms with Gasteiger partial charge in [0.05, 0.1) is 5.25 Å². The van der Waals surface area contributed by atoms with Crippen LogP contribution in [0.2, 0.25) is 0 Å². The summed E-state index contributed by atoms with van der Waals surface area (Å²) in [6.07, 6.45) is 0. The van der Waals surface area contributed by atoms with E-state index in [9.17, 15) is 9.59 Å². The molecule has 0 saturated heterocycles. The van der Waals surface area contributed by atoms with Gasteiger partial charge in [-0.15, -0.1) is 10.2 Å². The van der Waals surface area contributed by atoms with Crippen molar-refractivity contribution in [3.05, 3.63) is 29.8 Å². The maximum absolute atomic E-state index is 12.2. The minimum absolute atomic E-state index is 0.000405. The molecule has 1 aromatic carbocycles. The average Bonchev–Trinajstić information content (AvgIpc) is 2.95. The molecule has 0 fully saturated rings. The predicted molar refractivity (Wildman–Crippen MR) is 94.5 cm³/mol. The zero-order valence-corrected chi connectivity index (χ0v) is 14.8. The van der Waals surface area contributed by atoms with Crippen molar-refractivity contribution in [2.75, 3.05) is 17.2 Å². The summed E-state index contributed by atoms with van der Waals surface area (Å²) in [5.41, 5.74) is 1.29. The van der Waals surface area contributed by atoms with Gasteiger partial charge in [0, 0.05) is 17.8 Å². The van der Waals surface area contributed by atoms with Gasteiger partial charge < -0.3 is 10.6 Å². The Morgan fingerprint density at radius 2 is 1.96 bits per heavy atom. The van der Waals surface area contributed by atoms with Gasteiger partial charge in [0.1, 0.15) is 0 Å². The van der Waals surface area contributed by atoms with Crippen molar-refractivity contribution in [1.82, 2.24) is 10.2 Å². The zero-order valence-electron chi connectivity index (χ0n) is 13.1. The first kappa shape index (κ1) is 17.4. The Morgan fingerprint density at radius 3 is 2.57 bits per heavy atom. The number of thioether (sulfide) groups is 1. The molecule has 2 rings (SSSR count). The number of hydrogen-bond acceptors (Lipinski definition) is 7. The summed E-state index contributed by atoms with van der Waals surface area (Å²) in [7, 11) is 0. The first-order chi connectivity index (χ1) is 11.0. The number of rotatable bonds is 7. The van der Waals surface area contributed by atoms with E-state index in [1.54, 1.807) is 24.3 Å². The second kappa shape index (κ2) is 8.07. The van der Waals surface area contributed by atoms with Gasteiger partial charge in [-0.3, -0.25) is 9.59 Å². The normalized spacial score (nSPS) is 11.8. The van der Waals surface area contributed by atoms with E-state index in [1.807, 2.05) is 13.8 Å². The molecule has 8 heteroatoms. The summed E-state index contributed by atoms with van der Waals surface area (Å²) in [4.78, 5) is 23.4. The molecule has 1 amide bonds. The van der Waals surface area contributed by atoms with Gasteiger partial charge in [-0.25, -0.2) is 0 Å². The van der Waals surface area contributed by atoms with Crippen LogP contribution in [0.4, 0.5) is 10.8 Å². The van der Waals surface area contributed by atoms with Crippen LogP contribution in [-0.2, 0) is 4.79 Å². The molecule has 2 aromatic rings. The van der Waals surface area contributed by atoms with E-state index in [2.05, 4.69) is 20.8 Å². The van der Waals surface area contributed by atoms with Crippen LogP contribution in [0.3, 0.4) is 0 Å². The molecule has 1 aromatic heterocycles. The highest BCUT2D eigenvalue weighted by molar-refractivity contribution is 8.02. The molecule has 1 atom stereocenters. The number of amides is 1. The summed E-state index contributed by atoms with van der Waals surface area (Å²) >= 11 is 2.79. The van der Waals surface area contributed by atoms with E-state index < -0.39 is 0 Å². The Hall–Kier alpha value is -1.93. The number of nitrogens with one attached hydrogen (secondary N) is 2. The second-order valence-corrected chi connectivity index (χ2v) is 7.35. The van der Waals surface area contributed by atoms with Gasteiger partial charge in [-0.05, 0) is 45.0 Å². The van der Waals surface area contributed by atoms with Gasteiger partial charge >= 0.3 is 0 Å². The maximum Gasteiger partial charge on any atom is 0.237 e. The van der Waals surface area contributed by atoms with Crippen LogP contribution in [-0.4, -0.2) is 33.7 Å². The SMILES string of the molecule is CCNc1nnc(SC(C)C(=O)Nc2ccc(C(C)=O)cc2)s1. The highest BCUT2D eigenvalue weighted by Crippen LogP contribution is 2.29. The fraction of sp³-hybridized carbons (Fsp3) is 0.333. The summed E-state index contributed by atoms with van der Waals surface area (Å²) < 4.78 is 0.746. The molecule has 23 heavy (non-hydrogen) atoms. The van der Waals surface area contributed by atoms with Gasteiger partial charge in [0.25, 0.3) is 0 Å². The number of aromatic nitrogens is 2. The molecule has 6 nitrogen and oxygen atoms in total. The molecule has 0 bridgehead atoms. The monoisotopic (exact) mass is 350 g/mol. The molecule has 0 aliphatic heterocycles. The molecule has 1 unspecified atom stereocenters. The van der Waals surface area contributed by atoms with Crippen LogP contribution in [0, 0.1) is 0 Å². The largest absolute Gasteiger partial charge is 0.360 e. The Bertz CT molecular complexity index is 685. The number of Topliss-reactive ketones (excluding diaryl/α,β-unsaturated/α-hetero) is 1. The highest BCUT2D eigenvalue weighted by Gasteiger charge is 2.17. The third kappa shape index (κ3) is 5.04. The van der Waals surface area contributed by atoms with Crippen LogP contribution in [0.15, 0.2) is 28.6 Å². The molecule has 0 aliphatic carbocycles. The zero-order chi connectivity index (χ0) is 16.8. The molecular formula is C15H18N4O2S2. The van der Waals surface area contributed by atoms with E-state index >= 15 is 0 Å². The van der Waals surface area contributed by atoms with Gasteiger partial charge in [-0.1, -0.05) is 23.1 Å². The van der Waals surface area contributed by atoms with Crippen LogP contribution in [0.1, 0.15) is 31.1 Å². The van der Waals surface area contributed by atoms with Crippen molar-refractivity contribution in [3.63, 3.8) is 0 Å². The van der Waals surface area contributed by atoms with Crippen LogP contribution in [0.25, 0.3) is 0 Å². The standard InChI is InChI=1S/C15H18N4O2S2/c1-4-16-14-18-19-15(23-14)22-10(3)13(21)17-12-7-5-11(6-8-12)9(2)20/h5-8,10H,4H2,1-3H3,(H,16,18)(H,17,21). The summed E-state index contributed by atoms with van der Waals surface area (Å²) in [6.45, 7) is 6.10. The highest BCUT2D eigenvalue weighted by atomic mass is 32.2. The van der Waals surface area contributed by atoms with Gasteiger partial charge in [-0.2, -0.15) is 0 Å². The Balaban J connectivity index is 1.92. The number of ketones is 1. The summed E-state index contributed by atoms with van der Waals surface area (Å²) in [6, 6.07) is 6.84. The third-order valence-corrected chi connectivity index (χ3v) is 5.01. The van der Waals surface area contributed by atoms with E-state index in [0.717, 1.165) is 16.0 Å². The Kier molecular flexibility index (Phi) is 6.12. The minimum atomic E-state index is -0.301. The Morgan fingerprint density at radius 1 is 1.26 bits per heavy atom. The van der Waals surface area contributed by atoms with Gasteiger partial charge in [0.2, 0.25) is 11.0 Å². The molecule has 0 radical (unpaired) electrons. The quantitative estimate of drug-likeness (QED) is 0.589. The van der Waals surface area contributed by atoms with Crippen molar-refractivity contribution in [2.24, 2.45) is 0 Å². The lowest BCUT2D eigenvalue weighted by atomic mass is 10.1. The predicted octanol–water partition coefficient (Wildman–Crippen LogP) is 3.29. The first-order valence-electron chi connectivity index (χ1n) is 7.15. The molecule has 1 heterocycles. The third-order valence-electron chi connectivity index (χ3n) is 2.94. The van der Waals surface area contributed by atoms with Crippen LogP contribution < -0.4 is 10.6 Å². The molecule has 0 aliphatic rings. The number of anilines is 2. The molecular weight excluding hydrogens is 332 g/mol. The number of benzene rings is 1. The van der Waals surface area contributed by atoms with Crippen LogP contribution in [0.5, 0.6) is 0 Å². The first-order valence-corrected chi connectivity index (χ1v) is 8.85. The molecule has 0 spiro atoms. The number of carbonyl (C=O) groups is 2. The topological polar surface area (TPSA) is 84.0 Å². The van der Waals surface area contributed by atoms with Crippen molar-refractivity contribution in [1.29, 1.82) is 0 Å².